The van der Waals surface area contributed by atoms with Crippen molar-refractivity contribution in [1.29, 1.82) is 0 Å². The fourth-order valence-corrected chi connectivity index (χ4v) is 4.93. The summed E-state index contributed by atoms with van der Waals surface area (Å²) in [4.78, 5) is 51.6. The number of aryl methyl sites for hydroxylation is 1. The SMILES string of the molecule is CCOc1ccccc1NC(=O)COc1ccc(/C=C2/SC(=O)N(CC(=O)Nc3cc(Cl)ccc3C)C2=O)cc1OC. The van der Waals surface area contributed by atoms with Crippen molar-refractivity contribution in [2.75, 3.05) is 37.5 Å². The summed E-state index contributed by atoms with van der Waals surface area (Å²) in [5.74, 6) is -0.331. The third-order valence-corrected chi connectivity index (χ3v) is 7.10. The van der Waals surface area contributed by atoms with Crippen molar-refractivity contribution in [3.63, 3.8) is 0 Å². The Balaban J connectivity index is 1.38. The minimum Gasteiger partial charge on any atom is -0.493 e. The fourth-order valence-electron chi connectivity index (χ4n) is 3.92. The van der Waals surface area contributed by atoms with Crippen LogP contribution in [0.2, 0.25) is 5.02 Å². The standard InChI is InChI=1S/C30H28ClN3O7S/c1-4-40-23-8-6-5-7-21(23)32-28(36)17-41-24-12-10-19(13-25(24)39-3)14-26-29(37)34(30(38)42-26)16-27(35)33-22-15-20(31)11-9-18(22)2/h5-15H,4,16-17H2,1-3H3,(H,32,36)(H,33,35)/b26-14+. The van der Waals surface area contributed by atoms with E-state index >= 15 is 0 Å². The Morgan fingerprint density at radius 2 is 1.69 bits per heavy atom. The second-order valence-electron chi connectivity index (χ2n) is 8.95. The molecular formula is C30H28ClN3O7S. The molecule has 4 amide bonds. The highest BCUT2D eigenvalue weighted by atomic mass is 35.5. The summed E-state index contributed by atoms with van der Waals surface area (Å²) in [5, 5.41) is 5.33. The highest BCUT2D eigenvalue weighted by Crippen LogP contribution is 2.35. The van der Waals surface area contributed by atoms with Crippen molar-refractivity contribution in [2.45, 2.75) is 13.8 Å². The van der Waals surface area contributed by atoms with Gasteiger partial charge in [-0.1, -0.05) is 35.9 Å². The van der Waals surface area contributed by atoms with E-state index in [1.807, 2.05) is 13.0 Å². The van der Waals surface area contributed by atoms with Gasteiger partial charge in [-0.3, -0.25) is 24.1 Å². The van der Waals surface area contributed by atoms with Crippen LogP contribution in [0, 0.1) is 6.92 Å². The smallest absolute Gasteiger partial charge is 0.294 e. The van der Waals surface area contributed by atoms with Gasteiger partial charge in [0.05, 0.1) is 24.3 Å². The lowest BCUT2D eigenvalue weighted by atomic mass is 10.2. The van der Waals surface area contributed by atoms with Crippen LogP contribution in [0.5, 0.6) is 17.2 Å². The highest BCUT2D eigenvalue weighted by molar-refractivity contribution is 8.18. The van der Waals surface area contributed by atoms with Gasteiger partial charge in [-0.25, -0.2) is 0 Å². The maximum atomic E-state index is 12.9. The number of nitrogens with zero attached hydrogens (tertiary/aromatic N) is 1. The zero-order valence-corrected chi connectivity index (χ0v) is 24.6. The molecule has 42 heavy (non-hydrogen) atoms. The normalized spacial score (nSPS) is 13.7. The number of thioether (sulfide) groups is 1. The van der Waals surface area contributed by atoms with Crippen LogP contribution in [-0.4, -0.2) is 54.7 Å². The third kappa shape index (κ3) is 7.62. The second kappa shape index (κ2) is 13.9. The number of carbonyl (C=O) groups is 4. The number of hydrogen-bond donors (Lipinski definition) is 2. The minimum absolute atomic E-state index is 0.148. The molecule has 1 aliphatic heterocycles. The van der Waals surface area contributed by atoms with Crippen molar-refractivity contribution in [3.05, 3.63) is 81.7 Å². The van der Waals surface area contributed by atoms with E-state index < -0.39 is 29.5 Å². The van der Waals surface area contributed by atoms with Gasteiger partial charge in [0.2, 0.25) is 5.91 Å². The first kappa shape index (κ1) is 30.5. The van der Waals surface area contributed by atoms with Crippen molar-refractivity contribution in [3.8, 4) is 17.2 Å². The maximum absolute atomic E-state index is 12.9. The minimum atomic E-state index is -0.591. The average molecular weight is 610 g/mol. The van der Waals surface area contributed by atoms with Crippen LogP contribution in [0.4, 0.5) is 16.2 Å². The van der Waals surface area contributed by atoms with Gasteiger partial charge < -0.3 is 24.8 Å². The van der Waals surface area contributed by atoms with Gasteiger partial charge in [0.15, 0.2) is 18.1 Å². The highest BCUT2D eigenvalue weighted by Gasteiger charge is 2.36. The summed E-state index contributed by atoms with van der Waals surface area (Å²) < 4.78 is 16.6. The number of hydrogen-bond acceptors (Lipinski definition) is 8. The number of imide groups is 1. The largest absolute Gasteiger partial charge is 0.493 e. The number of carbonyl (C=O) groups excluding carboxylic acids is 4. The Morgan fingerprint density at radius 1 is 0.929 bits per heavy atom. The number of methoxy groups -OCH3 is 1. The van der Waals surface area contributed by atoms with Gasteiger partial charge in [0, 0.05) is 10.7 Å². The van der Waals surface area contributed by atoms with Gasteiger partial charge in [0.25, 0.3) is 17.1 Å². The molecule has 1 heterocycles. The summed E-state index contributed by atoms with van der Waals surface area (Å²) in [5.41, 5.74) is 2.37. The van der Waals surface area contributed by atoms with E-state index in [9.17, 15) is 19.2 Å². The Kier molecular flexibility index (Phi) is 10.1. The molecule has 218 valence electrons. The van der Waals surface area contributed by atoms with Crippen LogP contribution in [0.15, 0.2) is 65.6 Å². The number of amides is 4. The lowest BCUT2D eigenvalue weighted by Crippen LogP contribution is -2.36. The Morgan fingerprint density at radius 3 is 2.45 bits per heavy atom. The molecule has 4 rings (SSSR count). The molecule has 0 unspecified atom stereocenters. The van der Waals surface area contributed by atoms with Crippen molar-refractivity contribution in [1.82, 2.24) is 4.90 Å². The summed E-state index contributed by atoms with van der Waals surface area (Å²) >= 11 is 6.73. The first-order valence-electron chi connectivity index (χ1n) is 12.8. The topological polar surface area (TPSA) is 123 Å². The molecule has 0 aliphatic carbocycles. The van der Waals surface area contributed by atoms with Crippen LogP contribution in [0.25, 0.3) is 6.08 Å². The molecule has 1 aliphatic rings. The predicted octanol–water partition coefficient (Wildman–Crippen LogP) is 5.75. The molecule has 10 nitrogen and oxygen atoms in total. The number of halogens is 1. The quantitative estimate of drug-likeness (QED) is 0.264. The second-order valence-corrected chi connectivity index (χ2v) is 10.4. The zero-order valence-electron chi connectivity index (χ0n) is 23.1. The van der Waals surface area contributed by atoms with E-state index in [0.29, 0.717) is 45.8 Å². The first-order chi connectivity index (χ1) is 20.2. The summed E-state index contributed by atoms with van der Waals surface area (Å²) in [6, 6.07) is 17.0. The van der Waals surface area contributed by atoms with E-state index in [4.69, 9.17) is 25.8 Å². The Bertz CT molecular complexity index is 1560. The van der Waals surface area contributed by atoms with E-state index in [-0.39, 0.29) is 11.5 Å². The molecule has 0 bridgehead atoms. The van der Waals surface area contributed by atoms with E-state index in [0.717, 1.165) is 22.2 Å². The van der Waals surface area contributed by atoms with Gasteiger partial charge in [-0.05, 0) is 79.2 Å². The average Bonchev–Trinajstić information content (AvgIpc) is 3.22. The molecule has 3 aromatic rings. The van der Waals surface area contributed by atoms with Crippen LogP contribution in [-0.2, 0) is 14.4 Å². The Hall–Kier alpha value is -4.48. The molecule has 1 fully saturated rings. The van der Waals surface area contributed by atoms with Gasteiger partial charge >= 0.3 is 0 Å². The number of anilines is 2. The summed E-state index contributed by atoms with van der Waals surface area (Å²) in [6.45, 7) is 3.38. The monoisotopic (exact) mass is 609 g/mol. The predicted molar refractivity (Wildman–Crippen MR) is 162 cm³/mol. The molecule has 0 saturated carbocycles. The van der Waals surface area contributed by atoms with E-state index in [1.165, 1.54) is 13.2 Å². The number of ether oxygens (including phenoxy) is 3. The zero-order chi connectivity index (χ0) is 30.2. The summed E-state index contributed by atoms with van der Waals surface area (Å²) in [6.07, 6.45) is 1.52. The van der Waals surface area contributed by atoms with E-state index in [1.54, 1.807) is 61.5 Å². The molecule has 1 saturated heterocycles. The van der Waals surface area contributed by atoms with Gasteiger partial charge in [-0.15, -0.1) is 0 Å². The van der Waals surface area contributed by atoms with E-state index in [2.05, 4.69) is 10.6 Å². The molecule has 2 N–H and O–H groups in total. The lowest BCUT2D eigenvalue weighted by Gasteiger charge is -2.14. The number of rotatable bonds is 11. The molecule has 3 aromatic carbocycles. The van der Waals surface area contributed by atoms with Crippen LogP contribution in [0.3, 0.4) is 0 Å². The van der Waals surface area contributed by atoms with Crippen molar-refractivity contribution >= 4 is 63.8 Å². The fraction of sp³-hybridized carbons (Fsp3) is 0.200. The lowest BCUT2D eigenvalue weighted by molar-refractivity contribution is -0.127. The third-order valence-electron chi connectivity index (χ3n) is 5.95. The number of benzene rings is 3. The number of para-hydroxylation sites is 2. The molecular weight excluding hydrogens is 582 g/mol. The van der Waals surface area contributed by atoms with Gasteiger partial charge in [-0.2, -0.15) is 0 Å². The molecule has 12 heteroatoms. The molecule has 0 atom stereocenters. The van der Waals surface area contributed by atoms with Crippen LogP contribution < -0.4 is 24.8 Å². The molecule has 0 spiro atoms. The Labute approximate surface area is 252 Å². The van der Waals surface area contributed by atoms with Crippen molar-refractivity contribution in [2.24, 2.45) is 0 Å². The molecule has 0 radical (unpaired) electrons. The van der Waals surface area contributed by atoms with Gasteiger partial charge in [0.1, 0.15) is 12.3 Å². The van der Waals surface area contributed by atoms with Crippen molar-refractivity contribution < 1.29 is 33.4 Å². The first-order valence-corrected chi connectivity index (χ1v) is 14.0. The molecule has 0 aromatic heterocycles. The summed E-state index contributed by atoms with van der Waals surface area (Å²) in [7, 11) is 1.44. The number of nitrogens with one attached hydrogen (secondary N) is 2. The van der Waals surface area contributed by atoms with Crippen LogP contribution in [0.1, 0.15) is 18.1 Å². The van der Waals surface area contributed by atoms with Crippen LogP contribution >= 0.6 is 23.4 Å². The maximum Gasteiger partial charge on any atom is 0.294 e.